The number of hydrogen-bond acceptors (Lipinski definition) is 10. The van der Waals surface area contributed by atoms with Gasteiger partial charge in [0, 0.05) is 13.3 Å². The largest absolute Gasteiger partial charge is 0.462 e. The van der Waals surface area contributed by atoms with Crippen molar-refractivity contribution < 1.29 is 49.0 Å². The van der Waals surface area contributed by atoms with Gasteiger partial charge in [0.2, 0.25) is 0 Å². The van der Waals surface area contributed by atoms with Gasteiger partial charge in [-0.3, -0.25) is 9.59 Å². The molecule has 0 aromatic heterocycles. The standard InChI is InChI=1S/C19H34O10/c1-3-4-5-6-7-8-15(22)28-13(10-26-12(2)21)11-27-19-18(25)17(24)16(23)14(9-20)29-19/h13-14,16-20,23-25H,3-11H2,1-2H3/t13-,14-,16+,17+,18-,19-/m1/s1. The van der Waals surface area contributed by atoms with Gasteiger partial charge in [-0.1, -0.05) is 32.6 Å². The molecule has 0 radical (unpaired) electrons. The van der Waals surface area contributed by atoms with Crippen LogP contribution in [-0.2, 0) is 28.5 Å². The average Bonchev–Trinajstić information content (AvgIpc) is 2.69. The molecular formula is C19H34O10. The van der Waals surface area contributed by atoms with Gasteiger partial charge in [-0.2, -0.15) is 0 Å². The van der Waals surface area contributed by atoms with E-state index in [1.54, 1.807) is 0 Å². The van der Waals surface area contributed by atoms with Crippen LogP contribution in [0.25, 0.3) is 0 Å². The molecule has 0 aliphatic carbocycles. The van der Waals surface area contributed by atoms with Crippen LogP contribution in [0.15, 0.2) is 0 Å². The van der Waals surface area contributed by atoms with E-state index < -0.39 is 55.4 Å². The lowest BCUT2D eigenvalue weighted by atomic mass is 9.99. The van der Waals surface area contributed by atoms with Crippen LogP contribution >= 0.6 is 0 Å². The van der Waals surface area contributed by atoms with Gasteiger partial charge in [0.25, 0.3) is 0 Å². The van der Waals surface area contributed by atoms with Gasteiger partial charge < -0.3 is 39.4 Å². The van der Waals surface area contributed by atoms with Gasteiger partial charge in [0.1, 0.15) is 31.0 Å². The summed E-state index contributed by atoms with van der Waals surface area (Å²) in [4.78, 5) is 23.1. The zero-order chi connectivity index (χ0) is 21.8. The van der Waals surface area contributed by atoms with Gasteiger partial charge in [-0.15, -0.1) is 0 Å². The zero-order valence-electron chi connectivity index (χ0n) is 17.1. The number of aliphatic hydroxyl groups excluding tert-OH is 4. The molecule has 0 spiro atoms. The lowest BCUT2D eigenvalue weighted by Crippen LogP contribution is -2.59. The van der Waals surface area contributed by atoms with Crippen LogP contribution in [0.1, 0.15) is 52.4 Å². The summed E-state index contributed by atoms with van der Waals surface area (Å²) in [6, 6.07) is 0. The van der Waals surface area contributed by atoms with Crippen molar-refractivity contribution in [1.29, 1.82) is 0 Å². The molecule has 4 N–H and O–H groups in total. The van der Waals surface area contributed by atoms with Crippen molar-refractivity contribution in [3.8, 4) is 0 Å². The predicted octanol–water partition coefficient (Wildman–Crippen LogP) is -0.362. The van der Waals surface area contributed by atoms with Gasteiger partial charge in [-0.05, 0) is 6.42 Å². The molecule has 0 saturated carbocycles. The fraction of sp³-hybridized carbons (Fsp3) is 0.895. The summed E-state index contributed by atoms with van der Waals surface area (Å²) in [6.07, 6.45) is -2.99. The van der Waals surface area contributed by atoms with E-state index in [0.29, 0.717) is 6.42 Å². The normalized spacial score (nSPS) is 28.0. The molecule has 0 aromatic rings. The minimum absolute atomic E-state index is 0.223. The summed E-state index contributed by atoms with van der Waals surface area (Å²) in [5.41, 5.74) is 0. The summed E-state index contributed by atoms with van der Waals surface area (Å²) >= 11 is 0. The second kappa shape index (κ2) is 13.8. The molecule has 0 bridgehead atoms. The minimum atomic E-state index is -1.58. The quantitative estimate of drug-likeness (QED) is 0.229. The smallest absolute Gasteiger partial charge is 0.306 e. The summed E-state index contributed by atoms with van der Waals surface area (Å²) in [5.74, 6) is -1.02. The van der Waals surface area contributed by atoms with E-state index in [0.717, 1.165) is 25.7 Å². The molecule has 1 aliphatic rings. The first kappa shape index (κ1) is 25.7. The second-order valence-electron chi connectivity index (χ2n) is 7.11. The Morgan fingerprint density at radius 1 is 1.00 bits per heavy atom. The maximum absolute atomic E-state index is 12.0. The Bertz CT molecular complexity index is 484. The minimum Gasteiger partial charge on any atom is -0.462 e. The molecule has 0 amide bonds. The molecule has 1 fully saturated rings. The molecule has 29 heavy (non-hydrogen) atoms. The number of carbonyl (C=O) groups excluding carboxylic acids is 2. The summed E-state index contributed by atoms with van der Waals surface area (Å²) in [6.45, 7) is 2.20. The number of carbonyl (C=O) groups is 2. The van der Waals surface area contributed by atoms with Crippen molar-refractivity contribution in [1.82, 2.24) is 0 Å². The van der Waals surface area contributed by atoms with E-state index in [9.17, 15) is 30.0 Å². The van der Waals surface area contributed by atoms with Crippen LogP contribution in [0.4, 0.5) is 0 Å². The highest BCUT2D eigenvalue weighted by molar-refractivity contribution is 5.69. The van der Waals surface area contributed by atoms with Gasteiger partial charge in [-0.25, -0.2) is 0 Å². The fourth-order valence-electron chi connectivity index (χ4n) is 2.85. The summed E-state index contributed by atoms with van der Waals surface area (Å²) < 4.78 is 20.8. The first-order valence-electron chi connectivity index (χ1n) is 10.0. The van der Waals surface area contributed by atoms with E-state index in [1.165, 1.54) is 6.92 Å². The number of ether oxygens (including phenoxy) is 4. The summed E-state index contributed by atoms with van der Waals surface area (Å²) in [7, 11) is 0. The third-order valence-electron chi connectivity index (χ3n) is 4.55. The lowest BCUT2D eigenvalue weighted by Gasteiger charge is -2.39. The second-order valence-corrected chi connectivity index (χ2v) is 7.11. The molecule has 1 saturated heterocycles. The van der Waals surface area contributed by atoms with E-state index in [4.69, 9.17) is 18.9 Å². The summed E-state index contributed by atoms with van der Waals surface area (Å²) in [5, 5.41) is 38.8. The Kier molecular flexibility index (Phi) is 12.3. The third kappa shape index (κ3) is 9.37. The topological polar surface area (TPSA) is 152 Å². The Hall–Kier alpha value is -1.30. The highest BCUT2D eigenvalue weighted by Gasteiger charge is 2.44. The van der Waals surface area contributed by atoms with Crippen molar-refractivity contribution in [2.45, 2.75) is 89.2 Å². The average molecular weight is 422 g/mol. The van der Waals surface area contributed by atoms with Crippen LogP contribution in [0.5, 0.6) is 0 Å². The monoisotopic (exact) mass is 422 g/mol. The number of esters is 2. The maximum atomic E-state index is 12.0. The molecule has 0 unspecified atom stereocenters. The third-order valence-corrected chi connectivity index (χ3v) is 4.55. The van der Waals surface area contributed by atoms with Gasteiger partial charge >= 0.3 is 11.9 Å². The van der Waals surface area contributed by atoms with Crippen LogP contribution in [0.3, 0.4) is 0 Å². The van der Waals surface area contributed by atoms with E-state index in [2.05, 4.69) is 6.92 Å². The highest BCUT2D eigenvalue weighted by Crippen LogP contribution is 2.22. The first-order chi connectivity index (χ1) is 13.8. The van der Waals surface area contributed by atoms with Crippen LogP contribution in [0, 0.1) is 0 Å². The molecular weight excluding hydrogens is 388 g/mol. The van der Waals surface area contributed by atoms with Crippen LogP contribution < -0.4 is 0 Å². The van der Waals surface area contributed by atoms with E-state index in [-0.39, 0.29) is 19.6 Å². The Balaban J connectivity index is 2.54. The van der Waals surface area contributed by atoms with Crippen molar-refractivity contribution in [3.63, 3.8) is 0 Å². The zero-order valence-corrected chi connectivity index (χ0v) is 17.1. The molecule has 170 valence electrons. The molecule has 10 nitrogen and oxygen atoms in total. The SMILES string of the molecule is CCCCCCCC(=O)O[C@H](COC(C)=O)CO[C@@H]1O[C@H](CO)[C@H](O)[C@H](O)[C@H]1O. The predicted molar refractivity (Wildman–Crippen MR) is 99.6 cm³/mol. The highest BCUT2D eigenvalue weighted by atomic mass is 16.7. The molecule has 1 rings (SSSR count). The molecule has 6 atom stereocenters. The van der Waals surface area contributed by atoms with Crippen molar-refractivity contribution >= 4 is 11.9 Å². The van der Waals surface area contributed by atoms with Crippen molar-refractivity contribution in [2.75, 3.05) is 19.8 Å². The Morgan fingerprint density at radius 3 is 2.31 bits per heavy atom. The van der Waals surface area contributed by atoms with Crippen molar-refractivity contribution in [2.24, 2.45) is 0 Å². The molecule has 10 heteroatoms. The number of unbranched alkanes of at least 4 members (excludes halogenated alkanes) is 4. The van der Waals surface area contributed by atoms with E-state index >= 15 is 0 Å². The molecule has 0 aromatic carbocycles. The van der Waals surface area contributed by atoms with Gasteiger partial charge in [0.05, 0.1) is 13.2 Å². The Labute approximate surface area is 170 Å². The lowest BCUT2D eigenvalue weighted by molar-refractivity contribution is -0.305. The maximum Gasteiger partial charge on any atom is 0.306 e. The fourth-order valence-corrected chi connectivity index (χ4v) is 2.85. The van der Waals surface area contributed by atoms with Gasteiger partial charge in [0.15, 0.2) is 12.4 Å². The number of aliphatic hydroxyl groups is 4. The molecule has 1 heterocycles. The van der Waals surface area contributed by atoms with Crippen LogP contribution in [0.2, 0.25) is 0 Å². The number of rotatable bonds is 13. The van der Waals surface area contributed by atoms with Crippen molar-refractivity contribution in [3.05, 3.63) is 0 Å². The van der Waals surface area contributed by atoms with E-state index in [1.807, 2.05) is 0 Å². The molecule has 1 aliphatic heterocycles. The first-order valence-corrected chi connectivity index (χ1v) is 10.0. The Morgan fingerprint density at radius 2 is 1.69 bits per heavy atom. The van der Waals surface area contributed by atoms with Crippen LogP contribution in [-0.4, -0.2) is 89.0 Å². The number of hydrogen-bond donors (Lipinski definition) is 4.